The Morgan fingerprint density at radius 2 is 1.95 bits per heavy atom. The molecule has 0 aromatic heterocycles. The van der Waals surface area contributed by atoms with E-state index in [1.165, 1.54) is 16.7 Å². The van der Waals surface area contributed by atoms with Crippen molar-refractivity contribution in [2.45, 2.75) is 0 Å². The minimum Gasteiger partial charge on any atom is -0.505 e. The fourth-order valence-corrected chi connectivity index (χ4v) is 3.00. The van der Waals surface area contributed by atoms with Crippen LogP contribution in [0.1, 0.15) is 5.56 Å². The van der Waals surface area contributed by atoms with E-state index in [1.54, 1.807) is 32.3 Å². The number of phenolic OH excluding ortho intramolecular Hbond substituents is 1. The van der Waals surface area contributed by atoms with Crippen molar-refractivity contribution in [3.05, 3.63) is 32.6 Å². The number of aliphatic imine (C=N–C) groups is 1. The Kier molecular flexibility index (Phi) is 4.08. The van der Waals surface area contributed by atoms with Crippen LogP contribution >= 0.6 is 35.0 Å². The van der Waals surface area contributed by atoms with Gasteiger partial charge < -0.3 is 5.11 Å². The lowest BCUT2D eigenvalue weighted by Gasteiger charge is -2.05. The van der Waals surface area contributed by atoms with E-state index in [0.717, 1.165) is 0 Å². The van der Waals surface area contributed by atoms with E-state index in [0.29, 0.717) is 15.6 Å². The van der Waals surface area contributed by atoms with Crippen LogP contribution in [0.5, 0.6) is 5.75 Å². The molecule has 100 valence electrons. The Bertz CT molecular complexity index is 591. The largest absolute Gasteiger partial charge is 0.505 e. The second kappa shape index (κ2) is 5.45. The summed E-state index contributed by atoms with van der Waals surface area (Å²) < 4.78 is 0. The number of carbonyl (C=O) groups is 1. The van der Waals surface area contributed by atoms with E-state index in [2.05, 4.69) is 4.99 Å². The van der Waals surface area contributed by atoms with Crippen molar-refractivity contribution >= 4 is 52.1 Å². The van der Waals surface area contributed by atoms with Crippen LogP contribution in [-0.4, -0.2) is 35.2 Å². The topological polar surface area (TPSA) is 52.9 Å². The van der Waals surface area contributed by atoms with Gasteiger partial charge in [-0.2, -0.15) is 0 Å². The third-order valence-corrected chi connectivity index (χ3v) is 4.26. The Hall–Kier alpha value is -1.17. The third kappa shape index (κ3) is 2.73. The van der Waals surface area contributed by atoms with Crippen LogP contribution in [0.15, 0.2) is 22.0 Å². The van der Waals surface area contributed by atoms with E-state index >= 15 is 0 Å². The number of phenols is 1. The van der Waals surface area contributed by atoms with Gasteiger partial charge in [0.15, 0.2) is 10.9 Å². The van der Waals surface area contributed by atoms with Crippen molar-refractivity contribution in [1.82, 2.24) is 4.90 Å². The standard InChI is InChI=1S/C12H10Cl2N2O2S/c1-15-12-16(2)11(18)9(19-12)5-6-3-7(13)10(17)8(14)4-6/h3-5,17H,1-2H3/b9-5+,15-12?. The summed E-state index contributed by atoms with van der Waals surface area (Å²) >= 11 is 12.9. The Morgan fingerprint density at radius 3 is 2.42 bits per heavy atom. The Labute approximate surface area is 124 Å². The number of amidine groups is 1. The maximum absolute atomic E-state index is 12.0. The molecule has 0 unspecified atom stereocenters. The molecule has 0 saturated carbocycles. The molecule has 1 N–H and O–H groups in total. The van der Waals surface area contributed by atoms with Crippen LogP contribution in [0.3, 0.4) is 0 Å². The number of hydrogen-bond acceptors (Lipinski definition) is 4. The smallest absolute Gasteiger partial charge is 0.266 e. The summed E-state index contributed by atoms with van der Waals surface area (Å²) in [6.07, 6.45) is 1.67. The van der Waals surface area contributed by atoms with E-state index < -0.39 is 0 Å². The number of carbonyl (C=O) groups excluding carboxylic acids is 1. The number of halogens is 2. The van der Waals surface area contributed by atoms with Crippen LogP contribution in [0.25, 0.3) is 6.08 Å². The molecule has 0 spiro atoms. The van der Waals surface area contributed by atoms with E-state index in [1.807, 2.05) is 0 Å². The number of likely N-dealkylation sites (N-methyl/N-ethyl adjacent to an activating group) is 1. The van der Waals surface area contributed by atoms with Crippen molar-refractivity contribution in [2.75, 3.05) is 14.1 Å². The van der Waals surface area contributed by atoms with Crippen molar-refractivity contribution < 1.29 is 9.90 Å². The third-order valence-electron chi connectivity index (χ3n) is 2.53. The van der Waals surface area contributed by atoms with Crippen molar-refractivity contribution in [2.24, 2.45) is 4.99 Å². The molecule has 0 atom stereocenters. The number of nitrogens with zero attached hydrogens (tertiary/aromatic N) is 2. The lowest BCUT2D eigenvalue weighted by atomic mass is 10.2. The van der Waals surface area contributed by atoms with Gasteiger partial charge in [0.1, 0.15) is 0 Å². The minimum atomic E-state index is -0.163. The van der Waals surface area contributed by atoms with Crippen LogP contribution in [0.2, 0.25) is 10.0 Å². The molecular formula is C12H10Cl2N2O2S. The lowest BCUT2D eigenvalue weighted by Crippen LogP contribution is -2.23. The van der Waals surface area contributed by atoms with Gasteiger partial charge in [0.2, 0.25) is 0 Å². The van der Waals surface area contributed by atoms with Gasteiger partial charge in [0.25, 0.3) is 5.91 Å². The van der Waals surface area contributed by atoms with Gasteiger partial charge in [-0.05, 0) is 35.5 Å². The predicted molar refractivity (Wildman–Crippen MR) is 79.8 cm³/mol. The molecule has 7 heteroatoms. The summed E-state index contributed by atoms with van der Waals surface area (Å²) in [7, 11) is 3.29. The second-order valence-electron chi connectivity index (χ2n) is 3.81. The monoisotopic (exact) mass is 316 g/mol. The molecule has 1 aliphatic rings. The number of thioether (sulfide) groups is 1. The number of aromatic hydroxyl groups is 1. The molecule has 1 aliphatic heterocycles. The van der Waals surface area contributed by atoms with Gasteiger partial charge in [-0.15, -0.1) is 0 Å². The Balaban J connectivity index is 2.40. The summed E-state index contributed by atoms with van der Waals surface area (Å²) in [6.45, 7) is 0. The molecule has 1 saturated heterocycles. The first-order valence-corrected chi connectivity index (χ1v) is 6.83. The number of rotatable bonds is 1. The van der Waals surface area contributed by atoms with Crippen LogP contribution < -0.4 is 0 Å². The Morgan fingerprint density at radius 1 is 1.37 bits per heavy atom. The van der Waals surface area contributed by atoms with E-state index in [9.17, 15) is 9.90 Å². The highest BCUT2D eigenvalue weighted by atomic mass is 35.5. The van der Waals surface area contributed by atoms with Crippen LogP contribution in [0, 0.1) is 0 Å². The molecule has 4 nitrogen and oxygen atoms in total. The SMILES string of the molecule is CN=C1S/C(=C/c2cc(Cl)c(O)c(Cl)c2)C(=O)N1C. The van der Waals surface area contributed by atoms with Gasteiger partial charge in [0, 0.05) is 14.1 Å². The zero-order valence-corrected chi connectivity index (χ0v) is 12.5. The summed E-state index contributed by atoms with van der Waals surface area (Å²) in [5.74, 6) is -0.297. The zero-order chi connectivity index (χ0) is 14.2. The molecule has 19 heavy (non-hydrogen) atoms. The molecule has 1 aromatic carbocycles. The zero-order valence-electron chi connectivity index (χ0n) is 10.1. The molecule has 1 fully saturated rings. The van der Waals surface area contributed by atoms with Crippen molar-refractivity contribution in [3.63, 3.8) is 0 Å². The fourth-order valence-electron chi connectivity index (χ4n) is 1.57. The molecule has 0 bridgehead atoms. The number of benzene rings is 1. The highest BCUT2D eigenvalue weighted by Crippen LogP contribution is 2.36. The molecule has 0 radical (unpaired) electrons. The average Bonchev–Trinajstić information content (AvgIpc) is 2.63. The molecule has 2 rings (SSSR count). The summed E-state index contributed by atoms with van der Waals surface area (Å²) in [4.78, 5) is 18.0. The number of amides is 1. The van der Waals surface area contributed by atoms with Crippen LogP contribution in [0.4, 0.5) is 0 Å². The van der Waals surface area contributed by atoms with E-state index in [-0.39, 0.29) is 21.7 Å². The molecular weight excluding hydrogens is 307 g/mol. The molecule has 0 aliphatic carbocycles. The van der Waals surface area contributed by atoms with Gasteiger partial charge in [-0.3, -0.25) is 14.7 Å². The fraction of sp³-hybridized carbons (Fsp3) is 0.167. The summed E-state index contributed by atoms with van der Waals surface area (Å²) in [5, 5.41) is 10.4. The first-order chi connectivity index (χ1) is 8.93. The van der Waals surface area contributed by atoms with Crippen molar-refractivity contribution in [3.8, 4) is 5.75 Å². The van der Waals surface area contributed by atoms with Gasteiger partial charge >= 0.3 is 0 Å². The van der Waals surface area contributed by atoms with Crippen molar-refractivity contribution in [1.29, 1.82) is 0 Å². The van der Waals surface area contributed by atoms with Gasteiger partial charge in [-0.25, -0.2) is 0 Å². The predicted octanol–water partition coefficient (Wildman–Crippen LogP) is 3.23. The lowest BCUT2D eigenvalue weighted by molar-refractivity contribution is -0.121. The van der Waals surface area contributed by atoms with Gasteiger partial charge in [0.05, 0.1) is 15.0 Å². The average molecular weight is 317 g/mol. The quantitative estimate of drug-likeness (QED) is 0.809. The summed E-state index contributed by atoms with van der Waals surface area (Å²) in [6, 6.07) is 3.09. The highest BCUT2D eigenvalue weighted by Gasteiger charge is 2.29. The highest BCUT2D eigenvalue weighted by molar-refractivity contribution is 8.18. The maximum Gasteiger partial charge on any atom is 0.266 e. The minimum absolute atomic E-state index is 0.133. The molecule has 1 aromatic rings. The first kappa shape index (κ1) is 14.2. The summed E-state index contributed by atoms with van der Waals surface area (Å²) in [5.41, 5.74) is 0.648. The molecule has 1 heterocycles. The molecule has 1 amide bonds. The maximum atomic E-state index is 12.0. The van der Waals surface area contributed by atoms with Gasteiger partial charge in [-0.1, -0.05) is 23.2 Å². The first-order valence-electron chi connectivity index (χ1n) is 5.26. The van der Waals surface area contributed by atoms with Crippen LogP contribution in [-0.2, 0) is 4.79 Å². The second-order valence-corrected chi connectivity index (χ2v) is 5.64. The normalized spacial score (nSPS) is 19.8. The number of hydrogen-bond donors (Lipinski definition) is 1. The van der Waals surface area contributed by atoms with E-state index in [4.69, 9.17) is 23.2 Å².